The number of fused-ring (bicyclic) bond motifs is 1. The fourth-order valence-electron chi connectivity index (χ4n) is 2.92. The molecule has 1 saturated carbocycles. The van der Waals surface area contributed by atoms with E-state index in [1.54, 1.807) is 0 Å². The van der Waals surface area contributed by atoms with Crippen LogP contribution in [0.1, 0.15) is 45.6 Å². The molecule has 19 heavy (non-hydrogen) atoms. The Balaban J connectivity index is 2.06. The Bertz CT molecular complexity index is 713. The maximum Gasteiger partial charge on any atom is 0.272 e. The second-order valence-electron chi connectivity index (χ2n) is 6.16. The Morgan fingerprint density at radius 1 is 1.42 bits per heavy atom. The molecule has 0 spiro atoms. The first-order valence-electron chi connectivity index (χ1n) is 6.70. The van der Waals surface area contributed by atoms with E-state index in [0.29, 0.717) is 10.2 Å². The SMILES string of the molecule is CC1(C)CCC(n2c(=S)[nH]c3ccsc3c2=O)CC1. The number of aromatic nitrogens is 2. The highest BCUT2D eigenvalue weighted by Crippen LogP contribution is 2.39. The lowest BCUT2D eigenvalue weighted by Crippen LogP contribution is -2.31. The van der Waals surface area contributed by atoms with E-state index in [9.17, 15) is 4.79 Å². The average molecular weight is 294 g/mol. The van der Waals surface area contributed by atoms with Crippen LogP contribution in [-0.2, 0) is 0 Å². The summed E-state index contributed by atoms with van der Waals surface area (Å²) in [6.45, 7) is 4.60. The van der Waals surface area contributed by atoms with Crippen molar-refractivity contribution in [3.8, 4) is 0 Å². The normalized spacial score (nSPS) is 19.9. The summed E-state index contributed by atoms with van der Waals surface area (Å²) in [5.41, 5.74) is 1.35. The Morgan fingerprint density at radius 2 is 2.11 bits per heavy atom. The fourth-order valence-corrected chi connectivity index (χ4v) is 4.05. The van der Waals surface area contributed by atoms with Crippen LogP contribution in [0, 0.1) is 10.2 Å². The van der Waals surface area contributed by atoms with Gasteiger partial charge in [-0.2, -0.15) is 0 Å². The molecule has 5 heteroatoms. The summed E-state index contributed by atoms with van der Waals surface area (Å²) in [5.74, 6) is 0. The number of hydrogen-bond acceptors (Lipinski definition) is 3. The molecule has 0 aromatic carbocycles. The molecular formula is C14H18N2OS2. The third-order valence-electron chi connectivity index (χ3n) is 4.21. The van der Waals surface area contributed by atoms with Crippen molar-refractivity contribution < 1.29 is 0 Å². The van der Waals surface area contributed by atoms with Crippen molar-refractivity contribution in [2.24, 2.45) is 5.41 Å². The minimum atomic E-state index is 0.0819. The highest BCUT2D eigenvalue weighted by molar-refractivity contribution is 7.71. The third kappa shape index (κ3) is 2.30. The van der Waals surface area contributed by atoms with Gasteiger partial charge in [-0.15, -0.1) is 11.3 Å². The minimum absolute atomic E-state index is 0.0819. The summed E-state index contributed by atoms with van der Waals surface area (Å²) in [6.07, 6.45) is 4.39. The molecule has 0 atom stereocenters. The van der Waals surface area contributed by atoms with E-state index in [0.717, 1.165) is 35.9 Å². The van der Waals surface area contributed by atoms with E-state index < -0.39 is 0 Å². The molecule has 2 aromatic rings. The molecule has 0 radical (unpaired) electrons. The fraction of sp³-hybridized carbons (Fsp3) is 0.571. The molecule has 0 aliphatic heterocycles. The number of nitrogens with zero attached hydrogens (tertiary/aromatic N) is 1. The van der Waals surface area contributed by atoms with Crippen molar-refractivity contribution in [1.82, 2.24) is 9.55 Å². The smallest absolute Gasteiger partial charge is 0.272 e. The predicted molar refractivity (Wildman–Crippen MR) is 82.6 cm³/mol. The molecule has 2 heterocycles. The van der Waals surface area contributed by atoms with Gasteiger partial charge >= 0.3 is 0 Å². The summed E-state index contributed by atoms with van der Waals surface area (Å²) in [7, 11) is 0. The Kier molecular flexibility index (Phi) is 3.14. The zero-order chi connectivity index (χ0) is 13.6. The molecule has 0 saturated heterocycles. The van der Waals surface area contributed by atoms with Crippen LogP contribution in [0.5, 0.6) is 0 Å². The van der Waals surface area contributed by atoms with E-state index in [2.05, 4.69) is 18.8 Å². The van der Waals surface area contributed by atoms with Crippen molar-refractivity contribution in [1.29, 1.82) is 0 Å². The number of hydrogen-bond donors (Lipinski definition) is 1. The summed E-state index contributed by atoms with van der Waals surface area (Å²) < 4.78 is 3.17. The summed E-state index contributed by atoms with van der Waals surface area (Å²) >= 11 is 6.87. The lowest BCUT2D eigenvalue weighted by Gasteiger charge is -2.34. The molecule has 102 valence electrons. The van der Waals surface area contributed by atoms with Crippen LogP contribution in [0.15, 0.2) is 16.2 Å². The van der Waals surface area contributed by atoms with E-state index >= 15 is 0 Å². The minimum Gasteiger partial charge on any atom is -0.331 e. The van der Waals surface area contributed by atoms with Gasteiger partial charge in [0.2, 0.25) is 0 Å². The summed E-state index contributed by atoms with van der Waals surface area (Å²) in [6, 6.07) is 2.18. The van der Waals surface area contributed by atoms with Crippen molar-refractivity contribution in [3.05, 3.63) is 26.6 Å². The first-order valence-corrected chi connectivity index (χ1v) is 7.99. The van der Waals surface area contributed by atoms with Gasteiger partial charge in [0.15, 0.2) is 4.77 Å². The number of H-pyrrole nitrogens is 1. The maximum atomic E-state index is 12.6. The zero-order valence-corrected chi connectivity index (χ0v) is 12.9. The standard InChI is InChI=1S/C14H18N2OS2/c1-14(2)6-3-9(4-7-14)16-12(17)11-10(5-8-19-11)15-13(16)18/h5,8-9H,3-4,6-7H2,1-2H3,(H,15,18). The second kappa shape index (κ2) is 4.56. The van der Waals surface area contributed by atoms with Crippen LogP contribution < -0.4 is 5.56 Å². The Hall–Kier alpha value is -0.940. The molecule has 1 N–H and O–H groups in total. The first kappa shape index (κ1) is 13.1. The molecule has 0 bridgehead atoms. The highest BCUT2D eigenvalue weighted by atomic mass is 32.1. The lowest BCUT2D eigenvalue weighted by atomic mass is 9.75. The molecule has 0 unspecified atom stereocenters. The van der Waals surface area contributed by atoms with Crippen molar-refractivity contribution in [2.45, 2.75) is 45.6 Å². The molecule has 3 rings (SSSR count). The van der Waals surface area contributed by atoms with Gasteiger partial charge in [-0.1, -0.05) is 13.8 Å². The summed E-state index contributed by atoms with van der Waals surface area (Å²) in [4.78, 5) is 15.7. The molecule has 3 nitrogen and oxygen atoms in total. The highest BCUT2D eigenvalue weighted by Gasteiger charge is 2.28. The van der Waals surface area contributed by atoms with E-state index in [-0.39, 0.29) is 11.6 Å². The molecule has 2 aromatic heterocycles. The largest absolute Gasteiger partial charge is 0.331 e. The number of nitrogens with one attached hydrogen (secondary N) is 1. The second-order valence-corrected chi connectivity index (χ2v) is 7.47. The number of thiophene rings is 1. The van der Waals surface area contributed by atoms with Gasteiger partial charge in [0.25, 0.3) is 5.56 Å². The van der Waals surface area contributed by atoms with Crippen LogP contribution in [0.25, 0.3) is 10.2 Å². The van der Waals surface area contributed by atoms with Gasteiger partial charge in [-0.25, -0.2) is 0 Å². The topological polar surface area (TPSA) is 37.8 Å². The summed E-state index contributed by atoms with van der Waals surface area (Å²) in [5, 5.41) is 1.94. The van der Waals surface area contributed by atoms with Crippen LogP contribution >= 0.6 is 23.6 Å². The van der Waals surface area contributed by atoms with E-state index in [4.69, 9.17) is 12.2 Å². The predicted octanol–water partition coefficient (Wildman–Crippen LogP) is 4.26. The monoisotopic (exact) mass is 294 g/mol. The number of aromatic amines is 1. The van der Waals surface area contributed by atoms with Crippen molar-refractivity contribution >= 4 is 33.8 Å². The van der Waals surface area contributed by atoms with Gasteiger partial charge in [-0.05, 0) is 54.8 Å². The molecule has 0 amide bonds. The van der Waals surface area contributed by atoms with Gasteiger partial charge in [0.1, 0.15) is 4.70 Å². The first-order chi connectivity index (χ1) is 8.98. The van der Waals surface area contributed by atoms with Crippen molar-refractivity contribution in [2.75, 3.05) is 0 Å². The Morgan fingerprint density at radius 3 is 2.79 bits per heavy atom. The Labute approximate surface area is 121 Å². The van der Waals surface area contributed by atoms with E-state index in [1.807, 2.05) is 16.0 Å². The van der Waals surface area contributed by atoms with Crippen molar-refractivity contribution in [3.63, 3.8) is 0 Å². The lowest BCUT2D eigenvalue weighted by molar-refractivity contribution is 0.190. The van der Waals surface area contributed by atoms with Crippen LogP contribution in [0.3, 0.4) is 0 Å². The zero-order valence-electron chi connectivity index (χ0n) is 11.2. The molecule has 1 fully saturated rings. The molecular weight excluding hydrogens is 276 g/mol. The van der Waals surface area contributed by atoms with Crippen LogP contribution in [-0.4, -0.2) is 9.55 Å². The van der Waals surface area contributed by atoms with Crippen LogP contribution in [0.4, 0.5) is 0 Å². The van der Waals surface area contributed by atoms with Gasteiger partial charge < -0.3 is 4.98 Å². The third-order valence-corrected chi connectivity index (χ3v) is 5.41. The van der Waals surface area contributed by atoms with Gasteiger partial charge in [0, 0.05) is 6.04 Å². The van der Waals surface area contributed by atoms with E-state index in [1.165, 1.54) is 11.3 Å². The molecule has 1 aliphatic rings. The van der Waals surface area contributed by atoms with Gasteiger partial charge in [0.05, 0.1) is 5.52 Å². The molecule has 1 aliphatic carbocycles. The quantitative estimate of drug-likeness (QED) is 0.798. The average Bonchev–Trinajstić information content (AvgIpc) is 2.79. The number of rotatable bonds is 1. The maximum absolute atomic E-state index is 12.6. The van der Waals surface area contributed by atoms with Crippen LogP contribution in [0.2, 0.25) is 0 Å². The van der Waals surface area contributed by atoms with Gasteiger partial charge in [-0.3, -0.25) is 9.36 Å².